The molecule has 0 bridgehead atoms. The maximum absolute atomic E-state index is 11.8. The lowest BCUT2D eigenvalue weighted by Crippen LogP contribution is -2.28. The number of para-hydroxylation sites is 1. The van der Waals surface area contributed by atoms with E-state index >= 15 is 0 Å². The molecule has 29 heavy (non-hydrogen) atoms. The van der Waals surface area contributed by atoms with Gasteiger partial charge in [-0.15, -0.1) is 11.3 Å². The lowest BCUT2D eigenvalue weighted by Gasteiger charge is -2.28. The Bertz CT molecular complexity index is 1100. The van der Waals surface area contributed by atoms with E-state index < -0.39 is 0 Å². The van der Waals surface area contributed by atoms with Gasteiger partial charge in [-0.2, -0.15) is 0 Å². The minimum atomic E-state index is -0.251. The van der Waals surface area contributed by atoms with E-state index in [4.69, 9.17) is 4.99 Å². The third kappa shape index (κ3) is 3.77. The van der Waals surface area contributed by atoms with Crippen molar-refractivity contribution in [2.45, 2.75) is 13.8 Å². The lowest BCUT2D eigenvalue weighted by molar-refractivity contribution is -0.111. The molecule has 3 heterocycles. The molecule has 0 saturated heterocycles. The highest BCUT2D eigenvalue weighted by Crippen LogP contribution is 2.36. The van der Waals surface area contributed by atoms with Crippen LogP contribution in [0.5, 0.6) is 0 Å². The van der Waals surface area contributed by atoms with Crippen LogP contribution in [-0.4, -0.2) is 23.4 Å². The first-order valence-corrected chi connectivity index (χ1v) is 10.1. The SMILES string of the molecule is C=CC(=O)Nc1cccc(C)c1NC1=NCN(c2ccc(C)nc2)c2ccsc21. The minimum absolute atomic E-state index is 0.251. The number of carbonyl (C=O) groups excluding carboxylic acids is 1. The van der Waals surface area contributed by atoms with E-state index in [9.17, 15) is 4.79 Å². The molecule has 7 heteroatoms. The van der Waals surface area contributed by atoms with Gasteiger partial charge in [0.25, 0.3) is 0 Å². The Balaban J connectivity index is 1.66. The Kier molecular flexibility index (Phi) is 5.14. The molecule has 1 aromatic carbocycles. The molecule has 6 nitrogen and oxygen atoms in total. The topological polar surface area (TPSA) is 69.6 Å². The summed E-state index contributed by atoms with van der Waals surface area (Å²) in [6.07, 6.45) is 3.13. The van der Waals surface area contributed by atoms with Crippen LogP contribution in [0.15, 0.2) is 65.6 Å². The van der Waals surface area contributed by atoms with Crippen molar-refractivity contribution >= 4 is 45.8 Å². The number of nitrogens with zero attached hydrogens (tertiary/aromatic N) is 3. The average Bonchev–Trinajstić information content (AvgIpc) is 3.21. The Labute approximate surface area is 173 Å². The highest BCUT2D eigenvalue weighted by molar-refractivity contribution is 7.13. The highest BCUT2D eigenvalue weighted by Gasteiger charge is 2.24. The number of nitrogens with one attached hydrogen (secondary N) is 2. The van der Waals surface area contributed by atoms with Crippen LogP contribution in [-0.2, 0) is 4.79 Å². The average molecular weight is 404 g/mol. The zero-order valence-corrected chi connectivity index (χ0v) is 17.1. The van der Waals surface area contributed by atoms with Crippen molar-refractivity contribution in [2.24, 2.45) is 4.99 Å². The molecule has 0 saturated carbocycles. The third-order valence-electron chi connectivity index (χ3n) is 4.69. The van der Waals surface area contributed by atoms with E-state index in [0.29, 0.717) is 12.4 Å². The third-order valence-corrected chi connectivity index (χ3v) is 5.60. The van der Waals surface area contributed by atoms with Crippen molar-refractivity contribution in [1.82, 2.24) is 4.98 Å². The molecule has 0 aliphatic carbocycles. The molecule has 146 valence electrons. The number of amidine groups is 1. The molecule has 0 radical (unpaired) electrons. The quantitative estimate of drug-likeness (QED) is 0.611. The molecule has 1 amide bonds. The highest BCUT2D eigenvalue weighted by atomic mass is 32.1. The summed E-state index contributed by atoms with van der Waals surface area (Å²) in [4.78, 5) is 24.2. The van der Waals surface area contributed by atoms with Crippen molar-refractivity contribution < 1.29 is 4.79 Å². The number of fused-ring (bicyclic) bond motifs is 1. The second kappa shape index (κ2) is 7.89. The number of aromatic nitrogens is 1. The summed E-state index contributed by atoms with van der Waals surface area (Å²) in [6, 6.07) is 11.9. The van der Waals surface area contributed by atoms with Gasteiger partial charge >= 0.3 is 0 Å². The first-order valence-electron chi connectivity index (χ1n) is 9.19. The predicted molar refractivity (Wildman–Crippen MR) is 120 cm³/mol. The van der Waals surface area contributed by atoms with Crippen molar-refractivity contribution in [3.05, 3.63) is 76.8 Å². The zero-order valence-electron chi connectivity index (χ0n) is 16.3. The number of benzene rings is 1. The molecular formula is C22H21N5OS. The standard InChI is InChI=1S/C22H21N5OS/c1-4-19(28)25-17-7-5-6-14(2)20(17)26-22-21-18(10-11-29-21)27(13-24-22)16-9-8-15(3)23-12-16/h4-12H,1,13H2,2-3H3,(H,24,26)(H,25,28). The van der Waals surface area contributed by atoms with Gasteiger partial charge in [0, 0.05) is 5.69 Å². The van der Waals surface area contributed by atoms with Gasteiger partial charge in [-0.25, -0.2) is 4.99 Å². The predicted octanol–water partition coefficient (Wildman–Crippen LogP) is 4.85. The maximum Gasteiger partial charge on any atom is 0.247 e. The van der Waals surface area contributed by atoms with E-state index in [0.717, 1.165) is 39.0 Å². The van der Waals surface area contributed by atoms with Gasteiger partial charge < -0.3 is 15.5 Å². The van der Waals surface area contributed by atoms with Gasteiger partial charge in [0.05, 0.1) is 33.8 Å². The second-order valence-corrected chi connectivity index (χ2v) is 7.60. The van der Waals surface area contributed by atoms with Gasteiger partial charge in [0.15, 0.2) is 0 Å². The molecule has 1 aliphatic rings. The first-order chi connectivity index (χ1) is 14.1. The van der Waals surface area contributed by atoms with Gasteiger partial charge in [0.2, 0.25) is 5.91 Å². The molecule has 0 atom stereocenters. The van der Waals surface area contributed by atoms with Crippen molar-refractivity contribution in [3.8, 4) is 0 Å². The van der Waals surface area contributed by atoms with Crippen LogP contribution in [0.3, 0.4) is 0 Å². The van der Waals surface area contributed by atoms with Gasteiger partial charge in [-0.05, 0) is 55.1 Å². The van der Waals surface area contributed by atoms with Crippen LogP contribution in [0.1, 0.15) is 16.1 Å². The van der Waals surface area contributed by atoms with Crippen LogP contribution in [0.4, 0.5) is 22.7 Å². The summed E-state index contributed by atoms with van der Waals surface area (Å²) in [5.74, 6) is 0.536. The molecule has 2 aromatic heterocycles. The number of amides is 1. The minimum Gasteiger partial charge on any atom is -0.337 e. The Hall–Kier alpha value is -3.45. The van der Waals surface area contributed by atoms with E-state index in [1.165, 1.54) is 6.08 Å². The normalized spacial score (nSPS) is 12.8. The van der Waals surface area contributed by atoms with E-state index in [-0.39, 0.29) is 5.91 Å². The molecule has 1 aliphatic heterocycles. The van der Waals surface area contributed by atoms with Gasteiger partial charge in [-0.1, -0.05) is 18.7 Å². The maximum atomic E-state index is 11.8. The van der Waals surface area contributed by atoms with E-state index in [2.05, 4.69) is 44.6 Å². The van der Waals surface area contributed by atoms with E-state index in [1.807, 2.05) is 44.3 Å². The summed E-state index contributed by atoms with van der Waals surface area (Å²) < 4.78 is 0. The number of rotatable bonds is 4. The van der Waals surface area contributed by atoms with Crippen LogP contribution in [0.25, 0.3) is 0 Å². The van der Waals surface area contributed by atoms with Gasteiger partial charge in [0.1, 0.15) is 12.5 Å². The summed E-state index contributed by atoms with van der Waals surface area (Å²) in [6.45, 7) is 7.98. The monoisotopic (exact) mass is 403 g/mol. The van der Waals surface area contributed by atoms with Crippen LogP contribution in [0, 0.1) is 13.8 Å². The van der Waals surface area contributed by atoms with Crippen molar-refractivity contribution in [2.75, 3.05) is 22.2 Å². The van der Waals surface area contributed by atoms with Crippen LogP contribution < -0.4 is 15.5 Å². The Morgan fingerprint density at radius 2 is 2.10 bits per heavy atom. The summed E-state index contributed by atoms with van der Waals surface area (Å²) in [5.41, 5.74) is 5.61. The van der Waals surface area contributed by atoms with Crippen LogP contribution in [0.2, 0.25) is 0 Å². The number of hydrogen-bond donors (Lipinski definition) is 2. The Morgan fingerprint density at radius 1 is 1.24 bits per heavy atom. The number of aryl methyl sites for hydroxylation is 2. The zero-order chi connectivity index (χ0) is 20.4. The molecule has 0 spiro atoms. The van der Waals surface area contributed by atoms with Crippen molar-refractivity contribution in [3.63, 3.8) is 0 Å². The fraction of sp³-hybridized carbons (Fsp3) is 0.136. The number of aliphatic imine (C=N–C) groups is 1. The molecule has 0 fully saturated rings. The smallest absolute Gasteiger partial charge is 0.247 e. The number of pyridine rings is 1. The number of thiophene rings is 1. The fourth-order valence-corrected chi connectivity index (χ4v) is 4.02. The number of carbonyl (C=O) groups is 1. The largest absolute Gasteiger partial charge is 0.337 e. The fourth-order valence-electron chi connectivity index (χ4n) is 3.16. The lowest BCUT2D eigenvalue weighted by atomic mass is 10.1. The van der Waals surface area contributed by atoms with Gasteiger partial charge in [-0.3, -0.25) is 9.78 Å². The molecule has 4 rings (SSSR count). The molecule has 2 N–H and O–H groups in total. The molecule has 0 unspecified atom stereocenters. The van der Waals surface area contributed by atoms with Crippen LogP contribution >= 0.6 is 11.3 Å². The van der Waals surface area contributed by atoms with E-state index in [1.54, 1.807) is 11.3 Å². The summed E-state index contributed by atoms with van der Waals surface area (Å²) in [7, 11) is 0. The first kappa shape index (κ1) is 18.9. The summed E-state index contributed by atoms with van der Waals surface area (Å²) in [5, 5.41) is 8.35. The molecule has 3 aromatic rings. The molecular weight excluding hydrogens is 382 g/mol. The second-order valence-electron chi connectivity index (χ2n) is 6.68. The number of anilines is 4. The summed E-state index contributed by atoms with van der Waals surface area (Å²) >= 11 is 1.63. The number of hydrogen-bond acceptors (Lipinski definition) is 6. The Morgan fingerprint density at radius 3 is 2.86 bits per heavy atom. The van der Waals surface area contributed by atoms with Crippen molar-refractivity contribution in [1.29, 1.82) is 0 Å².